The van der Waals surface area contributed by atoms with E-state index in [-0.39, 0.29) is 10.5 Å². The van der Waals surface area contributed by atoms with Crippen molar-refractivity contribution in [1.29, 1.82) is 0 Å². The smallest absolute Gasteiger partial charge is 0.276 e. The number of aromatic carboxylic acids is 1. The Morgan fingerprint density at radius 3 is 2.52 bits per heavy atom. The van der Waals surface area contributed by atoms with Crippen LogP contribution >= 0.6 is 11.3 Å². The molecule has 1 N–H and O–H groups in total. The van der Waals surface area contributed by atoms with Crippen molar-refractivity contribution in [2.45, 2.75) is 11.8 Å². The summed E-state index contributed by atoms with van der Waals surface area (Å²) >= 11 is 1.17. The number of hydrogen-bond donors (Lipinski definition) is 1. The Balaban J connectivity index is 1.99. The van der Waals surface area contributed by atoms with Crippen LogP contribution in [0.3, 0.4) is 0 Å². The van der Waals surface area contributed by atoms with Crippen LogP contribution in [0.5, 0.6) is 0 Å². The number of thiazole rings is 1. The largest absolute Gasteiger partial charge is 0.545 e. The molecule has 0 spiro atoms. The average molecular weight is 376 g/mol. The van der Waals surface area contributed by atoms with E-state index in [4.69, 9.17) is 0 Å². The molecule has 0 unspecified atom stereocenters. The second-order valence-electron chi connectivity index (χ2n) is 5.43. The molecule has 0 aliphatic rings. The Morgan fingerprint density at radius 1 is 1.20 bits per heavy atom. The molecule has 0 amide bonds. The van der Waals surface area contributed by atoms with E-state index >= 15 is 0 Å². The van der Waals surface area contributed by atoms with E-state index in [9.17, 15) is 18.3 Å². The summed E-state index contributed by atoms with van der Waals surface area (Å²) in [5, 5.41) is 14.9. The van der Waals surface area contributed by atoms with Crippen LogP contribution in [-0.4, -0.2) is 19.0 Å². The van der Waals surface area contributed by atoms with Gasteiger partial charge < -0.3 is 14.5 Å². The number of nitrogens with zero attached hydrogens (tertiary/aromatic N) is 2. The van der Waals surface area contributed by atoms with Gasteiger partial charge in [-0.25, -0.2) is 0 Å². The zero-order valence-electron chi connectivity index (χ0n) is 13.4. The van der Waals surface area contributed by atoms with Crippen molar-refractivity contribution in [2.24, 2.45) is 12.1 Å². The summed E-state index contributed by atoms with van der Waals surface area (Å²) in [6.07, 6.45) is 0. The minimum absolute atomic E-state index is 0.0566. The molecule has 0 radical (unpaired) electrons. The number of nitrogens with one attached hydrogen (secondary N) is 1. The third-order valence-corrected chi connectivity index (χ3v) is 5.96. The van der Waals surface area contributed by atoms with Gasteiger partial charge in [0.2, 0.25) is 4.80 Å². The van der Waals surface area contributed by atoms with Gasteiger partial charge in [-0.1, -0.05) is 35.1 Å². The lowest BCUT2D eigenvalue weighted by Crippen LogP contribution is -2.23. The maximum atomic E-state index is 12.3. The Bertz CT molecular complexity index is 1130. The van der Waals surface area contributed by atoms with E-state index in [0.717, 1.165) is 11.1 Å². The topological polar surface area (TPSA) is 104 Å². The van der Waals surface area contributed by atoms with E-state index in [1.807, 2.05) is 6.92 Å². The first-order valence-corrected chi connectivity index (χ1v) is 9.51. The second kappa shape index (κ2) is 6.34. The first-order chi connectivity index (χ1) is 11.8. The van der Waals surface area contributed by atoms with Gasteiger partial charge in [0, 0.05) is 7.05 Å². The fraction of sp³-hybridized carbons (Fsp3) is 0.125. The van der Waals surface area contributed by atoms with Crippen LogP contribution in [0.4, 0.5) is 0 Å². The summed E-state index contributed by atoms with van der Waals surface area (Å²) < 4.78 is 26.9. The third kappa shape index (κ3) is 3.42. The molecule has 2 aromatic carbocycles. The molecule has 1 heterocycles. The van der Waals surface area contributed by atoms with Crippen LogP contribution in [0.15, 0.2) is 52.5 Å². The molecule has 0 aliphatic heterocycles. The van der Waals surface area contributed by atoms with Crippen molar-refractivity contribution in [3.8, 4) is 0 Å². The molecule has 25 heavy (non-hydrogen) atoms. The molecular weight excluding hydrogens is 362 g/mol. The lowest BCUT2D eigenvalue weighted by atomic mass is 10.2. The van der Waals surface area contributed by atoms with Gasteiger partial charge in [0.1, 0.15) is 0 Å². The number of carbonyl (C=O) groups is 1. The van der Waals surface area contributed by atoms with E-state index in [1.165, 1.54) is 35.6 Å². The van der Waals surface area contributed by atoms with Crippen LogP contribution in [0, 0.1) is 6.92 Å². The molecule has 3 rings (SSSR count). The van der Waals surface area contributed by atoms with E-state index in [2.05, 4.69) is 9.93 Å². The number of carboxylic acids is 1. The van der Waals surface area contributed by atoms with E-state index in [1.54, 1.807) is 29.8 Å². The molecule has 0 atom stereocenters. The van der Waals surface area contributed by atoms with Gasteiger partial charge >= 0.3 is 0 Å². The summed E-state index contributed by atoms with van der Waals surface area (Å²) in [5.74, 6) is -1.27. The molecule has 0 fully saturated rings. The lowest BCUT2D eigenvalue weighted by molar-refractivity contribution is -0.255. The van der Waals surface area contributed by atoms with Crippen LogP contribution < -0.4 is 14.7 Å². The zero-order valence-corrected chi connectivity index (χ0v) is 15.0. The second-order valence-corrected chi connectivity index (χ2v) is 8.10. The highest BCUT2D eigenvalue weighted by Crippen LogP contribution is 2.18. The number of aryl methyl sites for hydroxylation is 2. The molecule has 130 valence electrons. The average Bonchev–Trinajstić information content (AvgIpc) is 2.89. The van der Waals surface area contributed by atoms with Crippen molar-refractivity contribution in [1.82, 2.24) is 9.40 Å². The Labute approximate surface area is 147 Å². The Morgan fingerprint density at radius 2 is 1.88 bits per heavy atom. The van der Waals surface area contributed by atoms with Gasteiger partial charge in [-0.2, -0.15) is 13.2 Å². The maximum Gasteiger partial charge on any atom is 0.276 e. The highest BCUT2D eigenvalue weighted by atomic mass is 32.2. The maximum absolute atomic E-state index is 12.3. The first-order valence-electron chi connectivity index (χ1n) is 7.21. The number of carbonyl (C=O) groups excluding carboxylic acids is 1. The van der Waals surface area contributed by atoms with Crippen LogP contribution in [-0.2, 0) is 17.1 Å². The molecule has 0 saturated carbocycles. The highest BCUT2D eigenvalue weighted by molar-refractivity contribution is 7.89. The highest BCUT2D eigenvalue weighted by Gasteiger charge is 2.13. The van der Waals surface area contributed by atoms with Gasteiger partial charge in [-0.3, -0.25) is 0 Å². The van der Waals surface area contributed by atoms with Gasteiger partial charge in [0.25, 0.3) is 10.0 Å². The predicted molar refractivity (Wildman–Crippen MR) is 92.2 cm³/mol. The number of fused-ring (bicyclic) bond motifs is 1. The van der Waals surface area contributed by atoms with Crippen LogP contribution in [0.25, 0.3) is 10.2 Å². The number of rotatable bonds is 4. The minimum atomic E-state index is -3.78. The molecule has 0 saturated heterocycles. The molecule has 0 aliphatic carbocycles. The number of carboxylic acid groups (broad SMARTS) is 1. The zero-order chi connectivity index (χ0) is 18.2. The monoisotopic (exact) mass is 376 g/mol. The van der Waals surface area contributed by atoms with Gasteiger partial charge in [0.05, 0.1) is 21.1 Å². The number of sulfonamides is 1. The molecule has 3 aromatic rings. The molecule has 9 heteroatoms. The number of benzene rings is 2. The lowest BCUT2D eigenvalue weighted by Gasteiger charge is -2.03. The standard InChI is InChI=1S/C16H15N3O4S2/c1-10-3-6-12(7-4-10)25(22,23)18-17-16-19(2)13-8-5-11(15(20)21)9-14(13)24-16/h3-9,18H,1-2H3,(H,20,21)/p-1/b17-16-. The molecule has 7 nitrogen and oxygen atoms in total. The third-order valence-electron chi connectivity index (χ3n) is 3.64. The predicted octanol–water partition coefficient (Wildman–Crippen LogP) is 0.706. The SMILES string of the molecule is Cc1ccc(S(=O)(=O)N/N=c2\sc3cc(C(=O)[O-])ccc3n2C)cc1. The summed E-state index contributed by atoms with van der Waals surface area (Å²) in [4.78, 5) is 13.7. The van der Waals surface area contributed by atoms with Crippen molar-refractivity contribution < 1.29 is 18.3 Å². The van der Waals surface area contributed by atoms with Crippen molar-refractivity contribution >= 4 is 37.5 Å². The summed E-state index contributed by atoms with van der Waals surface area (Å²) in [6, 6.07) is 11.0. The quantitative estimate of drug-likeness (QED) is 0.677. The summed E-state index contributed by atoms with van der Waals surface area (Å²) in [5.41, 5.74) is 1.75. The summed E-state index contributed by atoms with van der Waals surface area (Å²) in [7, 11) is -2.06. The molecular formula is C16H14N3O4S2-. The number of aromatic nitrogens is 1. The molecule has 0 bridgehead atoms. The van der Waals surface area contributed by atoms with Crippen molar-refractivity contribution in [3.63, 3.8) is 0 Å². The van der Waals surface area contributed by atoms with E-state index in [0.29, 0.717) is 9.50 Å². The van der Waals surface area contributed by atoms with Gasteiger partial charge in [-0.05, 0) is 36.8 Å². The Hall–Kier alpha value is -2.65. The van der Waals surface area contributed by atoms with Gasteiger partial charge in [-0.15, -0.1) is 5.10 Å². The number of hydrogen-bond acceptors (Lipinski definition) is 6. The van der Waals surface area contributed by atoms with E-state index < -0.39 is 16.0 Å². The fourth-order valence-electron chi connectivity index (χ4n) is 2.24. The molecule has 1 aromatic heterocycles. The van der Waals surface area contributed by atoms with Crippen LogP contribution in [0.1, 0.15) is 15.9 Å². The Kier molecular flexibility index (Phi) is 4.36. The normalized spacial score (nSPS) is 12.5. The van der Waals surface area contributed by atoms with Crippen LogP contribution in [0.2, 0.25) is 0 Å². The van der Waals surface area contributed by atoms with Gasteiger partial charge in [0.15, 0.2) is 0 Å². The fourth-order valence-corrected chi connectivity index (χ4v) is 4.12. The van der Waals surface area contributed by atoms with Crippen molar-refractivity contribution in [2.75, 3.05) is 0 Å². The van der Waals surface area contributed by atoms with Crippen molar-refractivity contribution in [3.05, 3.63) is 58.4 Å². The summed E-state index contributed by atoms with van der Waals surface area (Å²) in [6.45, 7) is 1.87. The minimum Gasteiger partial charge on any atom is -0.545 e. The first kappa shape index (κ1) is 17.2.